The minimum Gasteiger partial charge on any atom is -0.378 e. The number of fused-ring (bicyclic) bond motifs is 1. The second-order valence-corrected chi connectivity index (χ2v) is 9.50. The topological polar surface area (TPSA) is 63.2 Å². The van der Waals surface area contributed by atoms with E-state index in [2.05, 4.69) is 46.9 Å². The number of aryl methyl sites for hydroxylation is 2. The lowest BCUT2D eigenvalue weighted by Gasteiger charge is -2.41. The minimum absolute atomic E-state index is 0.0481. The summed E-state index contributed by atoms with van der Waals surface area (Å²) in [5.41, 5.74) is 6.20. The van der Waals surface area contributed by atoms with Gasteiger partial charge in [-0.15, -0.1) is 0 Å². The van der Waals surface area contributed by atoms with Crippen molar-refractivity contribution in [3.8, 4) is 11.4 Å². The molecule has 0 amide bonds. The number of nitrogens with zero attached hydrogens (tertiary/aromatic N) is 3. The number of rotatable bonds is 4. The van der Waals surface area contributed by atoms with Gasteiger partial charge in [0.25, 0.3) is 5.56 Å². The Kier molecular flexibility index (Phi) is 5.22. The predicted molar refractivity (Wildman–Crippen MR) is 124 cm³/mol. The van der Waals surface area contributed by atoms with Gasteiger partial charge in [-0.2, -0.15) is 0 Å². The molecule has 3 aromatic rings. The molecule has 6 heteroatoms. The first-order chi connectivity index (χ1) is 14.9. The van der Waals surface area contributed by atoms with Crippen molar-refractivity contribution in [2.24, 2.45) is 7.05 Å². The van der Waals surface area contributed by atoms with Gasteiger partial charge in [-0.3, -0.25) is 9.69 Å². The van der Waals surface area contributed by atoms with E-state index in [-0.39, 0.29) is 5.56 Å². The average molecular weight is 421 g/mol. The summed E-state index contributed by atoms with van der Waals surface area (Å²) in [5, 5.41) is 1.28. The standard InChI is InChI=1S/C25H32N4O2/c1-15(2)23-20-11-18(17-7-9-29(10-8-17)19-13-31-14-19)5-6-21(20)27-24(23)22-12-28(4)25(30)16(3)26-22/h5-6,11-12,15,17,19,27H,7-10,13-14H2,1-4H3. The van der Waals surface area contributed by atoms with Gasteiger partial charge in [0.2, 0.25) is 0 Å². The third-order valence-corrected chi connectivity index (χ3v) is 7.07. The van der Waals surface area contributed by atoms with Crippen LogP contribution >= 0.6 is 0 Å². The highest BCUT2D eigenvalue weighted by Gasteiger charge is 2.30. The number of aromatic amines is 1. The molecule has 5 rings (SSSR count). The van der Waals surface area contributed by atoms with Crippen LogP contribution in [0.15, 0.2) is 29.2 Å². The Balaban J connectivity index is 1.50. The Morgan fingerprint density at radius 3 is 2.55 bits per heavy atom. The second kappa shape index (κ2) is 7.92. The number of aromatic nitrogens is 3. The van der Waals surface area contributed by atoms with Crippen LogP contribution in [0.5, 0.6) is 0 Å². The van der Waals surface area contributed by atoms with Gasteiger partial charge in [0.1, 0.15) is 11.4 Å². The molecule has 0 unspecified atom stereocenters. The second-order valence-electron chi connectivity index (χ2n) is 9.50. The molecular formula is C25H32N4O2. The molecule has 6 nitrogen and oxygen atoms in total. The van der Waals surface area contributed by atoms with E-state index in [0.717, 1.165) is 43.2 Å². The Morgan fingerprint density at radius 1 is 1.19 bits per heavy atom. The largest absolute Gasteiger partial charge is 0.378 e. The zero-order valence-electron chi connectivity index (χ0n) is 18.9. The van der Waals surface area contributed by atoms with Crippen molar-refractivity contribution in [1.29, 1.82) is 0 Å². The van der Waals surface area contributed by atoms with E-state index in [9.17, 15) is 4.79 Å². The van der Waals surface area contributed by atoms with Crippen LogP contribution in [0.3, 0.4) is 0 Å². The van der Waals surface area contributed by atoms with Crippen molar-refractivity contribution in [3.63, 3.8) is 0 Å². The quantitative estimate of drug-likeness (QED) is 0.694. The Bertz CT molecular complexity index is 1140. The van der Waals surface area contributed by atoms with Gasteiger partial charge in [-0.25, -0.2) is 4.98 Å². The fraction of sp³-hybridized carbons (Fsp3) is 0.520. The molecule has 0 atom stereocenters. The maximum atomic E-state index is 12.1. The third-order valence-electron chi connectivity index (χ3n) is 7.07. The molecule has 2 aliphatic heterocycles. The zero-order valence-corrected chi connectivity index (χ0v) is 18.9. The molecule has 164 valence electrons. The number of nitrogens with one attached hydrogen (secondary N) is 1. The van der Waals surface area contributed by atoms with Crippen molar-refractivity contribution in [1.82, 2.24) is 19.4 Å². The summed E-state index contributed by atoms with van der Waals surface area (Å²) in [4.78, 5) is 22.9. The maximum Gasteiger partial charge on any atom is 0.271 e. The van der Waals surface area contributed by atoms with E-state index in [1.165, 1.54) is 29.4 Å². The number of hydrogen-bond donors (Lipinski definition) is 1. The van der Waals surface area contributed by atoms with Gasteiger partial charge >= 0.3 is 0 Å². The molecule has 2 aliphatic rings. The maximum absolute atomic E-state index is 12.1. The van der Waals surface area contributed by atoms with Gasteiger partial charge in [-0.05, 0) is 68.0 Å². The fourth-order valence-electron chi connectivity index (χ4n) is 5.19. The van der Waals surface area contributed by atoms with Crippen LogP contribution in [0.1, 0.15) is 55.3 Å². The van der Waals surface area contributed by atoms with E-state index in [0.29, 0.717) is 23.6 Å². The molecule has 0 saturated carbocycles. The smallest absolute Gasteiger partial charge is 0.271 e. The van der Waals surface area contributed by atoms with E-state index < -0.39 is 0 Å². The number of likely N-dealkylation sites (tertiary alicyclic amines) is 1. The highest BCUT2D eigenvalue weighted by molar-refractivity contribution is 5.91. The molecule has 1 aromatic carbocycles. The van der Waals surface area contributed by atoms with Crippen LogP contribution in [0.2, 0.25) is 0 Å². The number of H-pyrrole nitrogens is 1. The van der Waals surface area contributed by atoms with Crippen molar-refractivity contribution in [3.05, 3.63) is 51.6 Å². The third kappa shape index (κ3) is 3.62. The van der Waals surface area contributed by atoms with Gasteiger partial charge in [-0.1, -0.05) is 19.9 Å². The van der Waals surface area contributed by atoms with Crippen LogP contribution in [0.25, 0.3) is 22.3 Å². The fourth-order valence-corrected chi connectivity index (χ4v) is 5.19. The Morgan fingerprint density at radius 2 is 1.94 bits per heavy atom. The summed E-state index contributed by atoms with van der Waals surface area (Å²) >= 11 is 0. The van der Waals surface area contributed by atoms with Crippen molar-refractivity contribution < 1.29 is 4.74 Å². The number of piperidine rings is 1. The normalized spacial score (nSPS) is 18.7. The van der Waals surface area contributed by atoms with Crippen LogP contribution in [-0.4, -0.2) is 51.8 Å². The highest BCUT2D eigenvalue weighted by Crippen LogP contribution is 2.38. The van der Waals surface area contributed by atoms with E-state index in [1.807, 2.05) is 6.20 Å². The van der Waals surface area contributed by atoms with Crippen LogP contribution in [0, 0.1) is 6.92 Å². The molecule has 0 spiro atoms. The summed E-state index contributed by atoms with van der Waals surface area (Å²) in [7, 11) is 1.79. The van der Waals surface area contributed by atoms with Gasteiger partial charge in [0.05, 0.1) is 24.9 Å². The van der Waals surface area contributed by atoms with E-state index in [4.69, 9.17) is 4.74 Å². The first kappa shape index (κ1) is 20.5. The van der Waals surface area contributed by atoms with Crippen molar-refractivity contribution in [2.45, 2.75) is 51.5 Å². The van der Waals surface area contributed by atoms with Gasteiger partial charge < -0.3 is 14.3 Å². The summed E-state index contributed by atoms with van der Waals surface area (Å²) in [6, 6.07) is 7.55. The van der Waals surface area contributed by atoms with Gasteiger partial charge in [0.15, 0.2) is 0 Å². The SMILES string of the molecule is Cc1nc(-c2[nH]c3ccc(C4CCN(C5COC5)CC4)cc3c2C(C)C)cn(C)c1=O. The molecule has 0 aliphatic carbocycles. The van der Waals surface area contributed by atoms with E-state index >= 15 is 0 Å². The lowest BCUT2D eigenvalue weighted by Crippen LogP contribution is -2.51. The van der Waals surface area contributed by atoms with Gasteiger partial charge in [0, 0.05) is 24.1 Å². The molecule has 2 aromatic heterocycles. The van der Waals surface area contributed by atoms with Crippen LogP contribution < -0.4 is 5.56 Å². The van der Waals surface area contributed by atoms with Crippen molar-refractivity contribution in [2.75, 3.05) is 26.3 Å². The number of hydrogen-bond acceptors (Lipinski definition) is 4. The summed E-state index contributed by atoms with van der Waals surface area (Å²) < 4.78 is 7.00. The lowest BCUT2D eigenvalue weighted by molar-refractivity contribution is -0.0712. The molecule has 31 heavy (non-hydrogen) atoms. The Labute approximate surface area is 183 Å². The first-order valence-corrected chi connectivity index (χ1v) is 11.4. The predicted octanol–water partition coefficient (Wildman–Crippen LogP) is 3.94. The zero-order chi connectivity index (χ0) is 21.7. The molecular weight excluding hydrogens is 388 g/mol. The Hall–Kier alpha value is -2.44. The molecule has 2 fully saturated rings. The average Bonchev–Trinajstić information content (AvgIpc) is 3.10. The summed E-state index contributed by atoms with van der Waals surface area (Å²) in [6.45, 7) is 10.4. The van der Waals surface area contributed by atoms with Crippen LogP contribution in [0.4, 0.5) is 0 Å². The molecule has 0 radical (unpaired) electrons. The van der Waals surface area contributed by atoms with Crippen LogP contribution in [-0.2, 0) is 11.8 Å². The molecule has 1 N–H and O–H groups in total. The molecule has 2 saturated heterocycles. The lowest BCUT2D eigenvalue weighted by atomic mass is 9.87. The monoisotopic (exact) mass is 420 g/mol. The minimum atomic E-state index is -0.0481. The summed E-state index contributed by atoms with van der Waals surface area (Å²) in [5.74, 6) is 0.955. The molecule has 4 heterocycles. The molecule has 0 bridgehead atoms. The number of benzene rings is 1. The first-order valence-electron chi connectivity index (χ1n) is 11.4. The summed E-state index contributed by atoms with van der Waals surface area (Å²) in [6.07, 6.45) is 4.25. The van der Waals surface area contributed by atoms with Crippen molar-refractivity contribution >= 4 is 10.9 Å². The highest BCUT2D eigenvalue weighted by atomic mass is 16.5. The van der Waals surface area contributed by atoms with E-state index in [1.54, 1.807) is 18.5 Å². The number of ether oxygens (including phenoxy) is 1.